The molecular weight excluding hydrogens is 124 g/mol. The molecule has 10 heavy (non-hydrogen) atoms. The molecule has 0 amide bonds. The Hall–Kier alpha value is -0.0800. The lowest BCUT2D eigenvalue weighted by atomic mass is 10.1. The predicted octanol–water partition coefficient (Wildman–Crippen LogP) is 0.158. The molecule has 0 aromatic rings. The van der Waals surface area contributed by atoms with E-state index in [-0.39, 0.29) is 0 Å². The van der Waals surface area contributed by atoms with Crippen molar-refractivity contribution in [2.24, 2.45) is 11.3 Å². The fourth-order valence-electron chi connectivity index (χ4n) is 2.31. The van der Waals surface area contributed by atoms with Crippen LogP contribution in [0.15, 0.2) is 0 Å². The van der Waals surface area contributed by atoms with Gasteiger partial charge in [-0.25, -0.2) is 0 Å². The van der Waals surface area contributed by atoms with Crippen molar-refractivity contribution in [3.05, 3.63) is 0 Å². The molecule has 0 aromatic heterocycles. The third-order valence-corrected chi connectivity index (χ3v) is 2.86. The fraction of sp³-hybridized carbons (Fsp3) is 1.00. The van der Waals surface area contributed by atoms with Crippen LogP contribution in [0.5, 0.6) is 0 Å². The van der Waals surface area contributed by atoms with Crippen LogP contribution in [0.2, 0.25) is 0 Å². The Bertz CT molecular complexity index is 144. The van der Waals surface area contributed by atoms with Gasteiger partial charge in [-0.15, -0.1) is 0 Å². The standard InChI is InChI=1S/C8H16N2/c1-10(2)6-8-3-7(8)4-9-5-8/h7,9H,3-6H2,1-2H3/t7-,8+/m0/s1. The Morgan fingerprint density at radius 3 is 2.80 bits per heavy atom. The fourth-order valence-corrected chi connectivity index (χ4v) is 2.31. The Morgan fingerprint density at radius 2 is 2.40 bits per heavy atom. The molecule has 0 bridgehead atoms. The zero-order valence-electron chi connectivity index (χ0n) is 6.85. The molecule has 2 aliphatic rings. The molecule has 1 N–H and O–H groups in total. The number of piperidine rings is 1. The summed E-state index contributed by atoms with van der Waals surface area (Å²) in [5.41, 5.74) is 0.698. The van der Waals surface area contributed by atoms with Crippen molar-refractivity contribution < 1.29 is 0 Å². The van der Waals surface area contributed by atoms with Crippen molar-refractivity contribution in [2.75, 3.05) is 33.7 Å². The smallest absolute Gasteiger partial charge is 0.00473 e. The van der Waals surface area contributed by atoms with Gasteiger partial charge in [0.1, 0.15) is 0 Å². The second-order valence-electron chi connectivity index (χ2n) is 4.13. The van der Waals surface area contributed by atoms with E-state index in [1.165, 1.54) is 26.1 Å². The Balaban J connectivity index is 1.93. The summed E-state index contributed by atoms with van der Waals surface area (Å²) in [6.07, 6.45) is 1.47. The number of hydrogen-bond donors (Lipinski definition) is 1. The zero-order chi connectivity index (χ0) is 7.19. The van der Waals surface area contributed by atoms with Crippen LogP contribution in [0.4, 0.5) is 0 Å². The molecule has 2 atom stereocenters. The summed E-state index contributed by atoms with van der Waals surface area (Å²) in [7, 11) is 4.34. The van der Waals surface area contributed by atoms with Crippen molar-refractivity contribution in [3.8, 4) is 0 Å². The van der Waals surface area contributed by atoms with Crippen molar-refractivity contribution >= 4 is 0 Å². The van der Waals surface area contributed by atoms with Gasteiger partial charge in [0.15, 0.2) is 0 Å². The summed E-state index contributed by atoms with van der Waals surface area (Å²) in [4.78, 5) is 2.31. The molecule has 0 spiro atoms. The Kier molecular flexibility index (Phi) is 1.29. The van der Waals surface area contributed by atoms with Gasteiger partial charge in [-0.2, -0.15) is 0 Å². The number of fused-ring (bicyclic) bond motifs is 1. The van der Waals surface area contributed by atoms with E-state index in [1.807, 2.05) is 0 Å². The van der Waals surface area contributed by atoms with E-state index < -0.39 is 0 Å². The van der Waals surface area contributed by atoms with Crippen LogP contribution >= 0.6 is 0 Å². The summed E-state index contributed by atoms with van der Waals surface area (Å²) >= 11 is 0. The summed E-state index contributed by atoms with van der Waals surface area (Å²) in [6.45, 7) is 3.81. The molecule has 2 rings (SSSR count). The number of nitrogens with one attached hydrogen (secondary N) is 1. The first-order valence-corrected chi connectivity index (χ1v) is 4.08. The van der Waals surface area contributed by atoms with Crippen LogP contribution in [0.3, 0.4) is 0 Å². The third-order valence-electron chi connectivity index (χ3n) is 2.86. The van der Waals surface area contributed by atoms with Crippen LogP contribution in [-0.4, -0.2) is 38.6 Å². The van der Waals surface area contributed by atoms with Crippen LogP contribution in [-0.2, 0) is 0 Å². The van der Waals surface area contributed by atoms with Crippen LogP contribution < -0.4 is 5.32 Å². The first-order chi connectivity index (χ1) is 4.73. The van der Waals surface area contributed by atoms with E-state index in [1.54, 1.807) is 0 Å². The lowest BCUT2D eigenvalue weighted by Gasteiger charge is -2.17. The maximum absolute atomic E-state index is 3.44. The number of nitrogens with zero attached hydrogens (tertiary/aromatic N) is 1. The lowest BCUT2D eigenvalue weighted by molar-refractivity contribution is 0.311. The average Bonchev–Trinajstić information content (AvgIpc) is 2.33. The number of hydrogen-bond acceptors (Lipinski definition) is 2. The van der Waals surface area contributed by atoms with Crippen LogP contribution in [0.1, 0.15) is 6.42 Å². The van der Waals surface area contributed by atoms with E-state index in [2.05, 4.69) is 24.3 Å². The second-order valence-corrected chi connectivity index (χ2v) is 4.13. The zero-order valence-corrected chi connectivity index (χ0v) is 6.85. The first-order valence-electron chi connectivity index (χ1n) is 4.08. The average molecular weight is 140 g/mol. The van der Waals surface area contributed by atoms with Crippen LogP contribution in [0, 0.1) is 11.3 Å². The third kappa shape index (κ3) is 0.867. The molecule has 2 nitrogen and oxygen atoms in total. The van der Waals surface area contributed by atoms with Crippen molar-refractivity contribution in [2.45, 2.75) is 6.42 Å². The molecule has 1 aliphatic heterocycles. The summed E-state index contributed by atoms with van der Waals surface area (Å²) in [6, 6.07) is 0. The quantitative estimate of drug-likeness (QED) is 0.587. The van der Waals surface area contributed by atoms with Crippen molar-refractivity contribution in [3.63, 3.8) is 0 Å². The minimum atomic E-state index is 0.698. The van der Waals surface area contributed by atoms with E-state index in [0.717, 1.165) is 5.92 Å². The molecule has 2 fully saturated rings. The van der Waals surface area contributed by atoms with Gasteiger partial charge in [-0.05, 0) is 38.4 Å². The second kappa shape index (κ2) is 1.95. The van der Waals surface area contributed by atoms with Crippen LogP contribution in [0.25, 0.3) is 0 Å². The van der Waals surface area contributed by atoms with Gasteiger partial charge in [0.05, 0.1) is 0 Å². The molecule has 0 unspecified atom stereocenters. The SMILES string of the molecule is CN(C)C[C@@]12CNC[C@@H]1C2. The molecular formula is C8H16N2. The first kappa shape index (κ1) is 6.62. The highest BCUT2D eigenvalue weighted by molar-refractivity contribution is 5.10. The van der Waals surface area contributed by atoms with Gasteiger partial charge in [-0.3, -0.25) is 0 Å². The van der Waals surface area contributed by atoms with Crippen molar-refractivity contribution in [1.29, 1.82) is 0 Å². The van der Waals surface area contributed by atoms with E-state index >= 15 is 0 Å². The van der Waals surface area contributed by atoms with Gasteiger partial charge in [0, 0.05) is 13.1 Å². The summed E-state index contributed by atoms with van der Waals surface area (Å²) < 4.78 is 0. The number of rotatable bonds is 2. The lowest BCUT2D eigenvalue weighted by Crippen LogP contribution is -2.27. The highest BCUT2D eigenvalue weighted by Gasteiger charge is 2.56. The topological polar surface area (TPSA) is 15.3 Å². The molecule has 0 aromatic carbocycles. The monoisotopic (exact) mass is 140 g/mol. The van der Waals surface area contributed by atoms with E-state index in [4.69, 9.17) is 0 Å². The van der Waals surface area contributed by atoms with Gasteiger partial charge in [0.2, 0.25) is 0 Å². The summed E-state index contributed by atoms with van der Waals surface area (Å²) in [5.74, 6) is 1.01. The minimum Gasteiger partial charge on any atom is -0.316 e. The molecule has 1 saturated heterocycles. The molecule has 1 aliphatic carbocycles. The maximum Gasteiger partial charge on any atom is 0.00473 e. The van der Waals surface area contributed by atoms with Gasteiger partial charge in [0.25, 0.3) is 0 Å². The summed E-state index contributed by atoms with van der Waals surface area (Å²) in [5, 5.41) is 3.44. The van der Waals surface area contributed by atoms with Gasteiger partial charge >= 0.3 is 0 Å². The normalized spacial score (nSPS) is 44.1. The van der Waals surface area contributed by atoms with E-state index in [0.29, 0.717) is 5.41 Å². The molecule has 2 heteroatoms. The largest absolute Gasteiger partial charge is 0.316 e. The minimum absolute atomic E-state index is 0.698. The Morgan fingerprint density at radius 1 is 1.60 bits per heavy atom. The highest BCUT2D eigenvalue weighted by Crippen LogP contribution is 2.54. The maximum atomic E-state index is 3.44. The predicted molar refractivity (Wildman–Crippen MR) is 42.0 cm³/mol. The molecule has 58 valence electrons. The van der Waals surface area contributed by atoms with Gasteiger partial charge < -0.3 is 10.2 Å². The van der Waals surface area contributed by atoms with Crippen molar-refractivity contribution in [1.82, 2.24) is 10.2 Å². The molecule has 1 heterocycles. The highest BCUT2D eigenvalue weighted by atomic mass is 15.1. The van der Waals surface area contributed by atoms with Gasteiger partial charge in [-0.1, -0.05) is 0 Å². The van der Waals surface area contributed by atoms with E-state index in [9.17, 15) is 0 Å². The Labute approximate surface area is 62.6 Å². The molecule has 0 radical (unpaired) electrons. The molecule has 1 saturated carbocycles.